The number of carbonyl (C=O) groups is 2. The summed E-state index contributed by atoms with van der Waals surface area (Å²) in [6.45, 7) is 0. The van der Waals surface area contributed by atoms with Crippen LogP contribution in [0, 0.1) is 0 Å². The second-order valence-corrected chi connectivity index (χ2v) is 5.14. The number of benzene rings is 1. The van der Waals surface area contributed by atoms with E-state index in [1.807, 2.05) is 12.1 Å². The first-order chi connectivity index (χ1) is 9.13. The van der Waals surface area contributed by atoms with Gasteiger partial charge in [-0.2, -0.15) is 0 Å². The zero-order chi connectivity index (χ0) is 13.7. The molecule has 1 aromatic rings. The highest BCUT2D eigenvalue weighted by Gasteiger charge is 2.19. The highest BCUT2D eigenvalue weighted by atomic mass is 35.5. The Morgan fingerprint density at radius 3 is 2.47 bits per heavy atom. The second-order valence-electron chi connectivity index (χ2n) is 4.71. The lowest BCUT2D eigenvalue weighted by Crippen LogP contribution is -2.36. The topological polar surface area (TPSA) is 46.2 Å². The van der Waals surface area contributed by atoms with Gasteiger partial charge in [0.05, 0.1) is 0 Å². The zero-order valence-corrected chi connectivity index (χ0v) is 11.3. The highest BCUT2D eigenvalue weighted by Crippen LogP contribution is 2.15. The summed E-state index contributed by atoms with van der Waals surface area (Å²) in [5, 5.41) is 3.59. The maximum Gasteiger partial charge on any atom is 0.244 e. The summed E-state index contributed by atoms with van der Waals surface area (Å²) in [5.74, 6) is 0.177. The molecule has 0 radical (unpaired) electrons. The molecule has 1 N–H and O–H groups in total. The SMILES string of the molecule is O=C1CCC(NC(=O)/C=C/c2ccc(Cl)cc2)CC1. The van der Waals surface area contributed by atoms with Crippen molar-refractivity contribution in [3.63, 3.8) is 0 Å². The molecular weight excluding hydrogens is 262 g/mol. The maximum atomic E-state index is 11.7. The smallest absolute Gasteiger partial charge is 0.244 e. The number of rotatable bonds is 3. The average Bonchev–Trinajstić information content (AvgIpc) is 2.41. The number of carbonyl (C=O) groups excluding carboxylic acids is 2. The summed E-state index contributed by atoms with van der Waals surface area (Å²) in [6.07, 6.45) is 5.91. The van der Waals surface area contributed by atoms with Crippen LogP contribution >= 0.6 is 11.6 Å². The van der Waals surface area contributed by atoms with E-state index in [9.17, 15) is 9.59 Å². The van der Waals surface area contributed by atoms with Gasteiger partial charge in [-0.05, 0) is 36.6 Å². The van der Waals surface area contributed by atoms with Gasteiger partial charge in [0.2, 0.25) is 5.91 Å². The lowest BCUT2D eigenvalue weighted by molar-refractivity contribution is -0.122. The third-order valence-electron chi connectivity index (χ3n) is 3.19. The predicted octanol–water partition coefficient (Wildman–Crippen LogP) is 2.98. The van der Waals surface area contributed by atoms with Gasteiger partial charge >= 0.3 is 0 Å². The van der Waals surface area contributed by atoms with Crippen LogP contribution < -0.4 is 5.32 Å². The molecular formula is C15H16ClNO2. The Balaban J connectivity index is 1.83. The number of hydrogen-bond acceptors (Lipinski definition) is 2. The third kappa shape index (κ3) is 4.52. The van der Waals surface area contributed by atoms with E-state index in [1.54, 1.807) is 18.2 Å². The van der Waals surface area contributed by atoms with E-state index in [2.05, 4.69) is 5.32 Å². The van der Waals surface area contributed by atoms with Gasteiger partial charge in [-0.1, -0.05) is 23.7 Å². The molecule has 1 aliphatic carbocycles. The van der Waals surface area contributed by atoms with Crippen molar-refractivity contribution in [2.24, 2.45) is 0 Å². The van der Waals surface area contributed by atoms with E-state index in [4.69, 9.17) is 11.6 Å². The van der Waals surface area contributed by atoms with E-state index < -0.39 is 0 Å². The van der Waals surface area contributed by atoms with Crippen molar-refractivity contribution in [3.05, 3.63) is 40.9 Å². The number of Topliss-reactive ketones (excluding diaryl/α,β-unsaturated/α-hetero) is 1. The monoisotopic (exact) mass is 277 g/mol. The standard InChI is InChI=1S/C15H16ClNO2/c16-12-4-1-11(2-5-12)3-10-15(19)17-13-6-8-14(18)9-7-13/h1-5,10,13H,6-9H2,(H,17,19)/b10-3+. The minimum absolute atomic E-state index is 0.116. The lowest BCUT2D eigenvalue weighted by atomic mass is 9.94. The molecule has 19 heavy (non-hydrogen) atoms. The normalized spacial score (nSPS) is 16.8. The molecule has 0 aliphatic heterocycles. The zero-order valence-electron chi connectivity index (χ0n) is 10.6. The molecule has 1 aliphatic rings. The Morgan fingerprint density at radius 1 is 1.21 bits per heavy atom. The first-order valence-electron chi connectivity index (χ1n) is 6.39. The Hall–Kier alpha value is -1.61. The highest BCUT2D eigenvalue weighted by molar-refractivity contribution is 6.30. The first-order valence-corrected chi connectivity index (χ1v) is 6.77. The van der Waals surface area contributed by atoms with Gasteiger partial charge in [0.15, 0.2) is 0 Å². The molecule has 0 bridgehead atoms. The number of amides is 1. The second kappa shape index (κ2) is 6.53. The number of halogens is 1. The minimum Gasteiger partial charge on any atom is -0.350 e. The summed E-state index contributed by atoms with van der Waals surface area (Å²) in [6, 6.07) is 7.40. The Labute approximate surface area is 117 Å². The fourth-order valence-electron chi connectivity index (χ4n) is 2.08. The molecule has 0 saturated heterocycles. The molecule has 0 aromatic heterocycles. The van der Waals surface area contributed by atoms with Crippen LogP contribution in [0.25, 0.3) is 6.08 Å². The molecule has 3 nitrogen and oxygen atoms in total. The average molecular weight is 278 g/mol. The number of hydrogen-bond donors (Lipinski definition) is 1. The fraction of sp³-hybridized carbons (Fsp3) is 0.333. The van der Waals surface area contributed by atoms with Crippen LogP contribution in [0.3, 0.4) is 0 Å². The fourth-order valence-corrected chi connectivity index (χ4v) is 2.21. The third-order valence-corrected chi connectivity index (χ3v) is 3.44. The molecule has 4 heteroatoms. The quantitative estimate of drug-likeness (QED) is 0.864. The van der Waals surface area contributed by atoms with Crippen molar-refractivity contribution in [2.75, 3.05) is 0 Å². The van der Waals surface area contributed by atoms with Crippen molar-refractivity contribution in [1.29, 1.82) is 0 Å². The first kappa shape index (κ1) is 13.8. The van der Waals surface area contributed by atoms with Crippen LogP contribution in [0.5, 0.6) is 0 Å². The van der Waals surface area contributed by atoms with Crippen molar-refractivity contribution in [1.82, 2.24) is 5.32 Å². The van der Waals surface area contributed by atoms with E-state index in [0.717, 1.165) is 18.4 Å². The van der Waals surface area contributed by atoms with Crippen LogP contribution in [-0.2, 0) is 9.59 Å². The van der Waals surface area contributed by atoms with Crippen LogP contribution in [0.15, 0.2) is 30.3 Å². The predicted molar refractivity (Wildman–Crippen MR) is 75.9 cm³/mol. The van der Waals surface area contributed by atoms with Gasteiger partial charge in [-0.3, -0.25) is 9.59 Å². The molecule has 100 valence electrons. The molecule has 1 fully saturated rings. The van der Waals surface area contributed by atoms with Crippen molar-refractivity contribution < 1.29 is 9.59 Å². The molecule has 1 amide bonds. The van der Waals surface area contributed by atoms with E-state index >= 15 is 0 Å². The van der Waals surface area contributed by atoms with Crippen LogP contribution in [-0.4, -0.2) is 17.7 Å². The maximum absolute atomic E-state index is 11.7. The Kier molecular flexibility index (Phi) is 4.74. The molecule has 1 aromatic carbocycles. The molecule has 0 spiro atoms. The van der Waals surface area contributed by atoms with Crippen molar-refractivity contribution in [3.8, 4) is 0 Å². The van der Waals surface area contributed by atoms with Crippen LogP contribution in [0.2, 0.25) is 5.02 Å². The van der Waals surface area contributed by atoms with Crippen molar-refractivity contribution >= 4 is 29.4 Å². The minimum atomic E-state index is -0.116. The van der Waals surface area contributed by atoms with Crippen LogP contribution in [0.1, 0.15) is 31.2 Å². The van der Waals surface area contributed by atoms with E-state index in [-0.39, 0.29) is 11.9 Å². The van der Waals surface area contributed by atoms with Gasteiger partial charge in [-0.25, -0.2) is 0 Å². The summed E-state index contributed by atoms with van der Waals surface area (Å²) in [7, 11) is 0. The largest absolute Gasteiger partial charge is 0.350 e. The molecule has 1 saturated carbocycles. The molecule has 2 rings (SSSR count). The van der Waals surface area contributed by atoms with E-state index in [0.29, 0.717) is 23.6 Å². The Bertz CT molecular complexity index is 483. The summed E-state index contributed by atoms with van der Waals surface area (Å²) >= 11 is 5.78. The molecule has 0 heterocycles. The lowest BCUT2D eigenvalue weighted by Gasteiger charge is -2.21. The van der Waals surface area contributed by atoms with Gasteiger partial charge in [0.25, 0.3) is 0 Å². The van der Waals surface area contributed by atoms with Gasteiger partial charge < -0.3 is 5.32 Å². The van der Waals surface area contributed by atoms with Crippen LogP contribution in [0.4, 0.5) is 0 Å². The van der Waals surface area contributed by atoms with E-state index in [1.165, 1.54) is 6.08 Å². The molecule has 0 unspecified atom stereocenters. The number of ketones is 1. The number of nitrogens with one attached hydrogen (secondary N) is 1. The van der Waals surface area contributed by atoms with Gasteiger partial charge in [0, 0.05) is 30.0 Å². The summed E-state index contributed by atoms with van der Waals surface area (Å²) in [5.41, 5.74) is 0.929. The van der Waals surface area contributed by atoms with Crippen molar-refractivity contribution in [2.45, 2.75) is 31.7 Å². The Morgan fingerprint density at radius 2 is 1.84 bits per heavy atom. The van der Waals surface area contributed by atoms with Gasteiger partial charge in [-0.15, -0.1) is 0 Å². The molecule has 0 atom stereocenters. The van der Waals surface area contributed by atoms with Gasteiger partial charge in [0.1, 0.15) is 5.78 Å². The summed E-state index contributed by atoms with van der Waals surface area (Å²) in [4.78, 5) is 22.8. The summed E-state index contributed by atoms with van der Waals surface area (Å²) < 4.78 is 0.